The predicted octanol–water partition coefficient (Wildman–Crippen LogP) is 3.51. The smallest absolute Gasteiger partial charge is 0.277 e. The maximum Gasteiger partial charge on any atom is 0.277 e. The van der Waals surface area contributed by atoms with E-state index < -0.39 is 0 Å². The Balaban J connectivity index is 1.19. The van der Waals surface area contributed by atoms with Crippen molar-refractivity contribution in [2.75, 3.05) is 17.9 Å². The van der Waals surface area contributed by atoms with Crippen molar-refractivity contribution in [2.24, 2.45) is 0 Å². The predicted molar refractivity (Wildman–Crippen MR) is 105 cm³/mol. The number of benzene rings is 1. The minimum absolute atomic E-state index is 0.141. The number of amides is 1. The molecule has 9 nitrogen and oxygen atoms in total. The van der Waals surface area contributed by atoms with Crippen LogP contribution in [0, 0.1) is 0 Å². The number of aromatic nitrogens is 4. The first-order valence-electron chi connectivity index (χ1n) is 9.46. The number of rotatable bonds is 6. The highest BCUT2D eigenvalue weighted by molar-refractivity contribution is 7.99. The number of nitrogens with one attached hydrogen (secondary N) is 1. The number of nitrogens with zero attached hydrogens (tertiary/aromatic N) is 4. The van der Waals surface area contributed by atoms with Crippen LogP contribution in [0.15, 0.2) is 40.1 Å². The van der Waals surface area contributed by atoms with Crippen molar-refractivity contribution in [3.05, 3.63) is 30.5 Å². The summed E-state index contributed by atoms with van der Waals surface area (Å²) in [6.45, 7) is 0.207. The molecule has 2 aromatic heterocycles. The van der Waals surface area contributed by atoms with Gasteiger partial charge in [0.15, 0.2) is 11.5 Å². The van der Waals surface area contributed by atoms with Crippen molar-refractivity contribution in [2.45, 2.75) is 36.9 Å². The van der Waals surface area contributed by atoms with E-state index in [2.05, 4.69) is 20.6 Å². The number of hydrogen-bond acceptors (Lipinski definition) is 8. The molecule has 3 heterocycles. The fourth-order valence-electron chi connectivity index (χ4n) is 3.57. The summed E-state index contributed by atoms with van der Waals surface area (Å²) >= 11 is 1.19. The summed E-state index contributed by atoms with van der Waals surface area (Å²) in [6.07, 6.45) is 6.33. The molecule has 0 saturated heterocycles. The third kappa shape index (κ3) is 3.80. The van der Waals surface area contributed by atoms with Gasteiger partial charge in [-0.05, 0) is 31.0 Å². The van der Waals surface area contributed by atoms with E-state index in [1.54, 1.807) is 18.3 Å². The molecule has 3 aromatic rings. The molecule has 10 heteroatoms. The molecule has 2 aliphatic rings. The summed E-state index contributed by atoms with van der Waals surface area (Å²) in [6, 6.07) is 7.61. The molecule has 1 amide bonds. The zero-order valence-electron chi connectivity index (χ0n) is 15.5. The first-order valence-corrected chi connectivity index (χ1v) is 10.4. The highest BCUT2D eigenvalue weighted by Crippen LogP contribution is 2.36. The topological polar surface area (TPSA) is 104 Å². The van der Waals surface area contributed by atoms with Gasteiger partial charge < -0.3 is 19.2 Å². The number of ether oxygens (including phenoxy) is 2. The Hall–Kier alpha value is -3.01. The van der Waals surface area contributed by atoms with Crippen LogP contribution in [0.4, 0.5) is 5.82 Å². The van der Waals surface area contributed by atoms with Gasteiger partial charge in [0.1, 0.15) is 5.82 Å². The molecule has 0 unspecified atom stereocenters. The van der Waals surface area contributed by atoms with Crippen LogP contribution in [0.5, 0.6) is 11.5 Å². The van der Waals surface area contributed by atoms with Gasteiger partial charge in [0, 0.05) is 11.6 Å². The number of anilines is 1. The summed E-state index contributed by atoms with van der Waals surface area (Å²) in [5.74, 6) is 2.46. The van der Waals surface area contributed by atoms with E-state index in [0.717, 1.165) is 24.2 Å². The van der Waals surface area contributed by atoms with Crippen LogP contribution in [0.25, 0.3) is 11.5 Å². The van der Waals surface area contributed by atoms with E-state index in [1.165, 1.54) is 24.6 Å². The summed E-state index contributed by atoms with van der Waals surface area (Å²) in [5.41, 5.74) is 0.735. The minimum Gasteiger partial charge on any atom is -0.454 e. The van der Waals surface area contributed by atoms with E-state index in [1.807, 2.05) is 16.8 Å². The Morgan fingerprint density at radius 1 is 1.17 bits per heavy atom. The van der Waals surface area contributed by atoms with Crippen LogP contribution in [0.3, 0.4) is 0 Å². The summed E-state index contributed by atoms with van der Waals surface area (Å²) in [7, 11) is 0. The largest absolute Gasteiger partial charge is 0.454 e. The lowest BCUT2D eigenvalue weighted by Gasteiger charge is -2.14. The van der Waals surface area contributed by atoms with Gasteiger partial charge in [0.2, 0.25) is 18.6 Å². The molecule has 0 spiro atoms. The zero-order valence-corrected chi connectivity index (χ0v) is 16.4. The maximum absolute atomic E-state index is 12.4. The average molecular weight is 413 g/mol. The molecule has 5 rings (SSSR count). The van der Waals surface area contributed by atoms with Crippen molar-refractivity contribution in [3.8, 4) is 23.0 Å². The number of thioether (sulfide) groups is 1. The van der Waals surface area contributed by atoms with E-state index in [4.69, 9.17) is 13.9 Å². The molecular formula is C19H19N5O4S. The van der Waals surface area contributed by atoms with Gasteiger partial charge in [-0.15, -0.1) is 10.2 Å². The molecular weight excluding hydrogens is 394 g/mol. The fraction of sp³-hybridized carbons (Fsp3) is 0.368. The van der Waals surface area contributed by atoms with Crippen LogP contribution in [0.1, 0.15) is 31.7 Å². The van der Waals surface area contributed by atoms with Crippen molar-refractivity contribution in [3.63, 3.8) is 0 Å². The molecule has 1 N–H and O–H groups in total. The van der Waals surface area contributed by atoms with Gasteiger partial charge in [0.05, 0.1) is 18.0 Å². The Kier molecular flexibility index (Phi) is 4.84. The quantitative estimate of drug-likeness (QED) is 0.612. The SMILES string of the molecule is O=C(CSc1nnc(-c2ccc3c(c2)OCO3)o1)Nc1ccnn1C1CCCC1. The van der Waals surface area contributed by atoms with Gasteiger partial charge in [0.25, 0.3) is 5.22 Å². The van der Waals surface area contributed by atoms with Crippen LogP contribution < -0.4 is 14.8 Å². The zero-order chi connectivity index (χ0) is 19.6. The number of carbonyl (C=O) groups is 1. The average Bonchev–Trinajstić information content (AvgIpc) is 3.53. The second-order valence-electron chi connectivity index (χ2n) is 6.88. The molecule has 0 radical (unpaired) electrons. The first kappa shape index (κ1) is 18.0. The first-order chi connectivity index (χ1) is 14.3. The van der Waals surface area contributed by atoms with Crippen LogP contribution in [0.2, 0.25) is 0 Å². The monoisotopic (exact) mass is 413 g/mol. The third-order valence-corrected chi connectivity index (χ3v) is 5.78. The number of fused-ring (bicyclic) bond motifs is 1. The molecule has 0 atom stereocenters. The summed E-state index contributed by atoms with van der Waals surface area (Å²) < 4.78 is 18.2. The Bertz CT molecular complexity index is 1030. The lowest BCUT2D eigenvalue weighted by atomic mass is 10.2. The lowest BCUT2D eigenvalue weighted by molar-refractivity contribution is -0.113. The highest BCUT2D eigenvalue weighted by Gasteiger charge is 2.21. The van der Waals surface area contributed by atoms with E-state index >= 15 is 0 Å². The molecule has 1 aliphatic heterocycles. The second-order valence-corrected chi connectivity index (χ2v) is 7.80. The van der Waals surface area contributed by atoms with Crippen LogP contribution in [-0.4, -0.2) is 38.4 Å². The molecule has 1 fully saturated rings. The van der Waals surface area contributed by atoms with E-state index in [0.29, 0.717) is 28.7 Å². The van der Waals surface area contributed by atoms with Crippen molar-refractivity contribution < 1.29 is 18.7 Å². The number of hydrogen-bond donors (Lipinski definition) is 1. The van der Waals surface area contributed by atoms with Crippen molar-refractivity contribution in [1.29, 1.82) is 0 Å². The maximum atomic E-state index is 12.4. The van der Waals surface area contributed by atoms with Gasteiger partial charge in [-0.1, -0.05) is 24.6 Å². The minimum atomic E-state index is -0.141. The van der Waals surface area contributed by atoms with Crippen LogP contribution >= 0.6 is 11.8 Å². The Labute approximate surface area is 170 Å². The Morgan fingerprint density at radius 3 is 2.93 bits per heavy atom. The van der Waals surface area contributed by atoms with Gasteiger partial charge >= 0.3 is 0 Å². The third-order valence-electron chi connectivity index (χ3n) is 4.96. The molecule has 29 heavy (non-hydrogen) atoms. The van der Waals surface area contributed by atoms with Crippen molar-refractivity contribution >= 4 is 23.5 Å². The van der Waals surface area contributed by atoms with Crippen molar-refractivity contribution in [1.82, 2.24) is 20.0 Å². The molecule has 0 bridgehead atoms. The van der Waals surface area contributed by atoms with E-state index in [-0.39, 0.29) is 18.5 Å². The lowest BCUT2D eigenvalue weighted by Crippen LogP contribution is -2.19. The molecule has 1 aromatic carbocycles. The molecule has 150 valence electrons. The highest BCUT2D eigenvalue weighted by atomic mass is 32.2. The molecule has 1 aliphatic carbocycles. The second kappa shape index (κ2) is 7.78. The summed E-state index contributed by atoms with van der Waals surface area (Å²) in [5, 5.41) is 15.7. The Morgan fingerprint density at radius 2 is 2.03 bits per heavy atom. The standard InChI is InChI=1S/C19H19N5O4S/c25-17(21-16-7-8-20-24(16)13-3-1-2-4-13)10-29-19-23-22-18(28-19)12-5-6-14-15(9-12)27-11-26-14/h5-9,13H,1-4,10-11H2,(H,21,25). The fourth-order valence-corrected chi connectivity index (χ4v) is 4.14. The van der Waals surface area contributed by atoms with Crippen LogP contribution in [-0.2, 0) is 4.79 Å². The molecule has 1 saturated carbocycles. The van der Waals surface area contributed by atoms with Gasteiger partial charge in [-0.3, -0.25) is 4.79 Å². The summed E-state index contributed by atoms with van der Waals surface area (Å²) in [4.78, 5) is 12.4. The van der Waals surface area contributed by atoms with Gasteiger partial charge in [-0.2, -0.15) is 5.10 Å². The number of carbonyl (C=O) groups excluding carboxylic acids is 1. The van der Waals surface area contributed by atoms with Gasteiger partial charge in [-0.25, -0.2) is 4.68 Å². The normalized spacial score (nSPS) is 15.7. The van der Waals surface area contributed by atoms with E-state index in [9.17, 15) is 4.79 Å².